The molecule has 0 saturated heterocycles. The van der Waals surface area contributed by atoms with E-state index in [1.54, 1.807) is 11.8 Å². The van der Waals surface area contributed by atoms with Gasteiger partial charge in [0.2, 0.25) is 5.91 Å². The van der Waals surface area contributed by atoms with Crippen molar-refractivity contribution in [3.8, 4) is 0 Å². The summed E-state index contributed by atoms with van der Waals surface area (Å²) >= 11 is 5.11. The zero-order chi connectivity index (χ0) is 13.0. The number of hydrogen-bond acceptors (Lipinski definition) is 2. The molecule has 1 aromatic rings. The maximum atomic E-state index is 12.1. The lowest BCUT2D eigenvalue weighted by Crippen LogP contribution is -2.37. The van der Waals surface area contributed by atoms with Gasteiger partial charge in [-0.05, 0) is 47.8 Å². The summed E-state index contributed by atoms with van der Waals surface area (Å²) in [6, 6.07) is 8.42. The fraction of sp³-hybridized carbons (Fsp3) is 0.500. The first-order valence-corrected chi connectivity index (χ1v) is 8.05. The molecule has 1 N–H and O–H groups in total. The molecular weight excluding hydrogens is 310 g/mol. The van der Waals surface area contributed by atoms with Crippen molar-refractivity contribution in [1.29, 1.82) is 0 Å². The van der Waals surface area contributed by atoms with E-state index in [1.807, 2.05) is 31.2 Å². The van der Waals surface area contributed by atoms with Crippen molar-refractivity contribution in [3.05, 3.63) is 28.7 Å². The monoisotopic (exact) mass is 327 g/mol. The topological polar surface area (TPSA) is 29.1 Å². The highest BCUT2D eigenvalue weighted by Gasteiger charge is 2.21. The summed E-state index contributed by atoms with van der Waals surface area (Å²) in [7, 11) is 0. The Morgan fingerprint density at radius 3 is 2.72 bits per heavy atom. The van der Waals surface area contributed by atoms with Crippen LogP contribution < -0.4 is 5.32 Å². The molecule has 1 amide bonds. The Labute approximate surface area is 121 Å². The predicted molar refractivity (Wildman–Crippen MR) is 79.9 cm³/mol. The number of carbonyl (C=O) groups is 1. The van der Waals surface area contributed by atoms with Gasteiger partial charge < -0.3 is 5.32 Å². The average Bonchev–Trinajstić information content (AvgIpc) is 2.84. The van der Waals surface area contributed by atoms with Gasteiger partial charge in [-0.3, -0.25) is 4.79 Å². The largest absolute Gasteiger partial charge is 0.352 e. The molecule has 1 aromatic carbocycles. The van der Waals surface area contributed by atoms with Gasteiger partial charge in [0.15, 0.2) is 0 Å². The first-order chi connectivity index (χ1) is 8.66. The molecule has 18 heavy (non-hydrogen) atoms. The van der Waals surface area contributed by atoms with Crippen LogP contribution in [0.3, 0.4) is 0 Å². The highest BCUT2D eigenvalue weighted by molar-refractivity contribution is 9.10. The van der Waals surface area contributed by atoms with Gasteiger partial charge in [-0.15, -0.1) is 11.8 Å². The van der Waals surface area contributed by atoms with Crippen LogP contribution in [0.2, 0.25) is 0 Å². The number of thioether (sulfide) groups is 1. The zero-order valence-electron chi connectivity index (χ0n) is 10.5. The van der Waals surface area contributed by atoms with Gasteiger partial charge in [0.1, 0.15) is 0 Å². The summed E-state index contributed by atoms with van der Waals surface area (Å²) in [5.74, 6) is 0.155. The Morgan fingerprint density at radius 2 is 2.06 bits per heavy atom. The normalized spacial score (nSPS) is 17.7. The van der Waals surface area contributed by atoms with E-state index in [0.717, 1.165) is 22.2 Å². The molecule has 2 nitrogen and oxygen atoms in total. The highest BCUT2D eigenvalue weighted by atomic mass is 79.9. The molecule has 0 bridgehead atoms. The van der Waals surface area contributed by atoms with E-state index >= 15 is 0 Å². The zero-order valence-corrected chi connectivity index (χ0v) is 12.9. The van der Waals surface area contributed by atoms with Crippen LogP contribution in [0.25, 0.3) is 0 Å². The first-order valence-electron chi connectivity index (χ1n) is 6.38. The Kier molecular flexibility index (Phi) is 5.13. The van der Waals surface area contributed by atoms with Crippen molar-refractivity contribution in [2.75, 3.05) is 0 Å². The van der Waals surface area contributed by atoms with Gasteiger partial charge in [0, 0.05) is 15.4 Å². The van der Waals surface area contributed by atoms with Crippen LogP contribution >= 0.6 is 27.7 Å². The standard InChI is InChI=1S/C14H18BrNOS/c1-10(14(17)16-11-6-2-3-7-11)18-13-9-5-4-8-12(13)15/h4-5,8-11H,2-3,6-7H2,1H3,(H,16,17). The minimum Gasteiger partial charge on any atom is -0.352 e. The molecular formula is C14H18BrNOS. The number of halogens is 1. The van der Waals surface area contributed by atoms with E-state index in [0.29, 0.717) is 6.04 Å². The predicted octanol–water partition coefficient (Wildman–Crippen LogP) is 3.99. The number of hydrogen-bond donors (Lipinski definition) is 1. The van der Waals surface area contributed by atoms with Crippen molar-refractivity contribution in [2.24, 2.45) is 0 Å². The van der Waals surface area contributed by atoms with Crippen molar-refractivity contribution in [1.82, 2.24) is 5.32 Å². The molecule has 0 heterocycles. The summed E-state index contributed by atoms with van der Waals surface area (Å²) in [4.78, 5) is 13.2. The lowest BCUT2D eigenvalue weighted by atomic mass is 10.2. The number of amides is 1. The molecule has 1 saturated carbocycles. The van der Waals surface area contributed by atoms with Crippen molar-refractivity contribution < 1.29 is 4.79 Å². The molecule has 0 aromatic heterocycles. The third-order valence-corrected chi connectivity index (χ3v) is 5.34. The van der Waals surface area contributed by atoms with E-state index in [-0.39, 0.29) is 11.2 Å². The van der Waals surface area contributed by atoms with Gasteiger partial charge >= 0.3 is 0 Å². The lowest BCUT2D eigenvalue weighted by molar-refractivity contribution is -0.120. The number of benzene rings is 1. The second-order valence-corrected chi connectivity index (χ2v) is 6.92. The van der Waals surface area contributed by atoms with Crippen molar-refractivity contribution in [2.45, 2.75) is 48.8 Å². The molecule has 2 rings (SSSR count). The lowest BCUT2D eigenvalue weighted by Gasteiger charge is -2.16. The Hall–Kier alpha value is -0.480. The minimum absolute atomic E-state index is 0.0516. The maximum Gasteiger partial charge on any atom is 0.233 e. The Morgan fingerprint density at radius 1 is 1.39 bits per heavy atom. The molecule has 1 fully saturated rings. The van der Waals surface area contributed by atoms with E-state index in [4.69, 9.17) is 0 Å². The molecule has 98 valence electrons. The fourth-order valence-corrected chi connectivity index (χ4v) is 3.63. The maximum absolute atomic E-state index is 12.1. The number of rotatable bonds is 4. The van der Waals surface area contributed by atoms with Crippen LogP contribution in [-0.2, 0) is 4.79 Å². The minimum atomic E-state index is -0.0516. The van der Waals surface area contributed by atoms with Gasteiger partial charge in [0.25, 0.3) is 0 Å². The van der Waals surface area contributed by atoms with Crippen LogP contribution in [0.1, 0.15) is 32.6 Å². The van der Waals surface area contributed by atoms with E-state index in [2.05, 4.69) is 21.2 Å². The SMILES string of the molecule is CC(Sc1ccccc1Br)C(=O)NC1CCCC1. The summed E-state index contributed by atoms with van der Waals surface area (Å²) < 4.78 is 1.05. The van der Waals surface area contributed by atoms with Crippen molar-refractivity contribution >= 4 is 33.6 Å². The van der Waals surface area contributed by atoms with Crippen LogP contribution in [-0.4, -0.2) is 17.2 Å². The van der Waals surface area contributed by atoms with Crippen molar-refractivity contribution in [3.63, 3.8) is 0 Å². The van der Waals surface area contributed by atoms with Crippen LogP contribution in [0, 0.1) is 0 Å². The molecule has 1 atom stereocenters. The summed E-state index contributed by atoms with van der Waals surface area (Å²) in [6.07, 6.45) is 4.77. The molecule has 0 radical (unpaired) electrons. The third kappa shape index (κ3) is 3.75. The summed E-state index contributed by atoms with van der Waals surface area (Å²) in [5.41, 5.74) is 0. The average molecular weight is 328 g/mol. The van der Waals surface area contributed by atoms with Gasteiger partial charge in [-0.2, -0.15) is 0 Å². The fourth-order valence-electron chi connectivity index (χ4n) is 2.17. The van der Waals surface area contributed by atoms with E-state index < -0.39 is 0 Å². The third-order valence-electron chi connectivity index (χ3n) is 3.21. The Balaban J connectivity index is 1.89. The molecule has 1 aliphatic rings. The summed E-state index contributed by atoms with van der Waals surface area (Å²) in [6.45, 7) is 1.97. The number of nitrogens with one attached hydrogen (secondary N) is 1. The summed E-state index contributed by atoms with van der Waals surface area (Å²) in [5, 5.41) is 3.09. The van der Waals surface area contributed by atoms with Crippen LogP contribution in [0.15, 0.2) is 33.6 Å². The van der Waals surface area contributed by atoms with E-state index in [9.17, 15) is 4.79 Å². The number of carbonyl (C=O) groups excluding carboxylic acids is 1. The van der Waals surface area contributed by atoms with Gasteiger partial charge in [0.05, 0.1) is 5.25 Å². The molecule has 0 aliphatic heterocycles. The second kappa shape index (κ2) is 6.62. The first kappa shape index (κ1) is 13.9. The quantitative estimate of drug-likeness (QED) is 0.847. The molecule has 0 spiro atoms. The van der Waals surface area contributed by atoms with E-state index in [1.165, 1.54) is 12.8 Å². The van der Waals surface area contributed by atoms with Gasteiger partial charge in [-0.1, -0.05) is 25.0 Å². The molecule has 1 unspecified atom stereocenters. The second-order valence-electron chi connectivity index (χ2n) is 4.68. The highest BCUT2D eigenvalue weighted by Crippen LogP contribution is 2.30. The van der Waals surface area contributed by atoms with Gasteiger partial charge in [-0.25, -0.2) is 0 Å². The van der Waals surface area contributed by atoms with Crippen LogP contribution in [0.4, 0.5) is 0 Å². The molecule has 4 heteroatoms. The molecule has 1 aliphatic carbocycles. The Bertz CT molecular complexity index is 418. The smallest absolute Gasteiger partial charge is 0.233 e. The van der Waals surface area contributed by atoms with Crippen LogP contribution in [0.5, 0.6) is 0 Å².